The molecule has 29 heavy (non-hydrogen) atoms. The van der Waals surface area contributed by atoms with Crippen molar-refractivity contribution in [3.05, 3.63) is 60.6 Å². The van der Waals surface area contributed by atoms with Gasteiger partial charge in [0.05, 0.1) is 11.2 Å². The summed E-state index contributed by atoms with van der Waals surface area (Å²) < 4.78 is 0. The number of nitrogens with one attached hydrogen (secondary N) is 1. The van der Waals surface area contributed by atoms with Gasteiger partial charge >= 0.3 is 0 Å². The lowest BCUT2D eigenvalue weighted by Gasteiger charge is -2.43. The average Bonchev–Trinajstić information content (AvgIpc) is 3.30. The van der Waals surface area contributed by atoms with Crippen LogP contribution in [0.3, 0.4) is 0 Å². The zero-order valence-corrected chi connectivity index (χ0v) is 16.7. The molecular weight excluding hydrogens is 360 g/mol. The number of likely N-dealkylation sites (tertiary alicyclic amines) is 1. The fourth-order valence-corrected chi connectivity index (χ4v) is 4.92. The predicted octanol–water partition coefficient (Wildman–Crippen LogP) is 3.19. The fraction of sp³-hybridized carbons (Fsp3) is 0.417. The minimum absolute atomic E-state index is 0.146. The lowest BCUT2D eigenvalue weighted by atomic mass is 9.88. The SMILES string of the molecule is OCC1CCN([C@]2(c3nccc(-c4ccc5ccccc5c4)n3)CCNC2)CC1. The standard InChI is InChI=1S/C24H28N4O/c29-16-18-8-13-28(14-9-18)24(10-12-25-17-24)23-26-11-7-22(27-23)21-6-5-19-3-1-2-4-20(19)15-21/h1-7,11,15,18,25,29H,8-10,12-14,16-17H2/t24-/m1/s1. The first-order valence-corrected chi connectivity index (χ1v) is 10.7. The van der Waals surface area contributed by atoms with Gasteiger partial charge in [-0.25, -0.2) is 9.97 Å². The zero-order chi connectivity index (χ0) is 19.7. The second-order valence-corrected chi connectivity index (χ2v) is 8.40. The molecule has 2 N–H and O–H groups in total. The normalized spacial score (nSPS) is 23.6. The molecule has 2 fully saturated rings. The summed E-state index contributed by atoms with van der Waals surface area (Å²) in [5.74, 6) is 1.36. The summed E-state index contributed by atoms with van der Waals surface area (Å²) in [5.41, 5.74) is 1.97. The number of hydrogen-bond acceptors (Lipinski definition) is 5. The number of aliphatic hydroxyl groups is 1. The molecule has 5 nitrogen and oxygen atoms in total. The molecule has 2 aliphatic rings. The maximum absolute atomic E-state index is 9.51. The first kappa shape index (κ1) is 18.7. The molecule has 2 aliphatic heterocycles. The summed E-state index contributed by atoms with van der Waals surface area (Å²) in [4.78, 5) is 12.4. The topological polar surface area (TPSA) is 61.3 Å². The van der Waals surface area contributed by atoms with Crippen LogP contribution in [0.1, 0.15) is 25.1 Å². The van der Waals surface area contributed by atoms with E-state index in [1.807, 2.05) is 12.3 Å². The van der Waals surface area contributed by atoms with Crippen LogP contribution in [-0.2, 0) is 5.54 Å². The Morgan fingerprint density at radius 2 is 1.90 bits per heavy atom. The predicted molar refractivity (Wildman–Crippen MR) is 116 cm³/mol. The molecule has 0 saturated carbocycles. The number of aliphatic hydroxyl groups excluding tert-OH is 1. The van der Waals surface area contributed by atoms with E-state index >= 15 is 0 Å². The van der Waals surface area contributed by atoms with E-state index in [2.05, 4.69) is 52.7 Å². The average molecular weight is 389 g/mol. The molecule has 0 bridgehead atoms. The second kappa shape index (κ2) is 7.82. The smallest absolute Gasteiger partial charge is 0.150 e. The number of piperidine rings is 1. The summed E-state index contributed by atoms with van der Waals surface area (Å²) in [6, 6.07) is 17.0. The van der Waals surface area contributed by atoms with Crippen LogP contribution < -0.4 is 5.32 Å². The summed E-state index contributed by atoms with van der Waals surface area (Å²) in [5, 5.41) is 15.5. The molecule has 0 amide bonds. The maximum atomic E-state index is 9.51. The van der Waals surface area contributed by atoms with E-state index in [1.54, 1.807) is 0 Å². The van der Waals surface area contributed by atoms with Gasteiger partial charge in [0.2, 0.25) is 0 Å². The van der Waals surface area contributed by atoms with Crippen LogP contribution in [-0.4, -0.2) is 52.8 Å². The minimum atomic E-state index is -0.146. The van der Waals surface area contributed by atoms with E-state index < -0.39 is 0 Å². The van der Waals surface area contributed by atoms with E-state index in [4.69, 9.17) is 9.97 Å². The molecule has 0 unspecified atom stereocenters. The number of nitrogens with zero attached hydrogens (tertiary/aromatic N) is 3. The minimum Gasteiger partial charge on any atom is -0.396 e. The number of aromatic nitrogens is 2. The number of rotatable bonds is 4. The van der Waals surface area contributed by atoms with Gasteiger partial charge in [-0.05, 0) is 67.7 Å². The third-order valence-corrected chi connectivity index (χ3v) is 6.73. The molecule has 1 aromatic heterocycles. The van der Waals surface area contributed by atoms with E-state index in [-0.39, 0.29) is 5.54 Å². The summed E-state index contributed by atoms with van der Waals surface area (Å²) in [6.07, 6.45) is 5.02. The van der Waals surface area contributed by atoms with Crippen molar-refractivity contribution >= 4 is 10.8 Å². The van der Waals surface area contributed by atoms with Gasteiger partial charge in [0.1, 0.15) is 0 Å². The molecule has 2 saturated heterocycles. The van der Waals surface area contributed by atoms with Crippen molar-refractivity contribution in [1.82, 2.24) is 20.2 Å². The van der Waals surface area contributed by atoms with Gasteiger partial charge in [-0.2, -0.15) is 0 Å². The third kappa shape index (κ3) is 3.44. The molecule has 3 heterocycles. The van der Waals surface area contributed by atoms with Crippen LogP contribution in [0.4, 0.5) is 0 Å². The van der Waals surface area contributed by atoms with Crippen LogP contribution in [0.5, 0.6) is 0 Å². The molecule has 150 valence electrons. The van der Waals surface area contributed by atoms with Gasteiger partial charge in [0.15, 0.2) is 5.82 Å². The molecule has 3 aromatic rings. The van der Waals surface area contributed by atoms with Crippen molar-refractivity contribution in [2.45, 2.75) is 24.8 Å². The van der Waals surface area contributed by atoms with Crippen LogP contribution in [0, 0.1) is 5.92 Å². The van der Waals surface area contributed by atoms with Gasteiger partial charge in [0.25, 0.3) is 0 Å². The highest BCUT2D eigenvalue weighted by Gasteiger charge is 2.44. The Labute approximate surface area is 171 Å². The fourth-order valence-electron chi connectivity index (χ4n) is 4.92. The van der Waals surface area contributed by atoms with Crippen molar-refractivity contribution in [2.75, 3.05) is 32.8 Å². The first-order valence-electron chi connectivity index (χ1n) is 10.7. The van der Waals surface area contributed by atoms with Crippen LogP contribution in [0.2, 0.25) is 0 Å². The molecule has 0 spiro atoms. The summed E-state index contributed by atoms with van der Waals surface area (Å²) >= 11 is 0. The van der Waals surface area contributed by atoms with Gasteiger partial charge in [-0.3, -0.25) is 4.90 Å². The highest BCUT2D eigenvalue weighted by Crippen LogP contribution is 2.36. The zero-order valence-electron chi connectivity index (χ0n) is 16.7. The number of benzene rings is 2. The van der Waals surface area contributed by atoms with Crippen molar-refractivity contribution in [3.63, 3.8) is 0 Å². The van der Waals surface area contributed by atoms with Gasteiger partial charge < -0.3 is 10.4 Å². The molecular formula is C24H28N4O. The number of fused-ring (bicyclic) bond motifs is 1. The highest BCUT2D eigenvalue weighted by atomic mass is 16.3. The molecule has 5 rings (SSSR count). The van der Waals surface area contributed by atoms with Gasteiger partial charge in [-0.1, -0.05) is 36.4 Å². The summed E-state index contributed by atoms with van der Waals surface area (Å²) in [6.45, 7) is 4.17. The largest absolute Gasteiger partial charge is 0.396 e. The Morgan fingerprint density at radius 1 is 1.07 bits per heavy atom. The summed E-state index contributed by atoms with van der Waals surface area (Å²) in [7, 11) is 0. The molecule has 2 aromatic carbocycles. The Balaban J connectivity index is 1.50. The Bertz CT molecular complexity index is 991. The molecule has 1 atom stereocenters. The molecule has 0 radical (unpaired) electrons. The Hall–Kier alpha value is -2.34. The van der Waals surface area contributed by atoms with E-state index in [0.29, 0.717) is 12.5 Å². The quantitative estimate of drug-likeness (QED) is 0.719. The van der Waals surface area contributed by atoms with Crippen LogP contribution in [0.25, 0.3) is 22.0 Å². The van der Waals surface area contributed by atoms with E-state index in [9.17, 15) is 5.11 Å². The van der Waals surface area contributed by atoms with Crippen molar-refractivity contribution in [2.24, 2.45) is 5.92 Å². The maximum Gasteiger partial charge on any atom is 0.150 e. The Morgan fingerprint density at radius 3 is 2.66 bits per heavy atom. The van der Waals surface area contributed by atoms with Gasteiger partial charge in [0, 0.05) is 24.9 Å². The van der Waals surface area contributed by atoms with E-state index in [0.717, 1.165) is 62.5 Å². The molecule has 0 aliphatic carbocycles. The first-order chi connectivity index (χ1) is 14.3. The highest BCUT2D eigenvalue weighted by molar-refractivity contribution is 5.86. The van der Waals surface area contributed by atoms with E-state index in [1.165, 1.54) is 10.8 Å². The van der Waals surface area contributed by atoms with Crippen molar-refractivity contribution in [1.29, 1.82) is 0 Å². The monoisotopic (exact) mass is 388 g/mol. The van der Waals surface area contributed by atoms with Crippen molar-refractivity contribution < 1.29 is 5.11 Å². The second-order valence-electron chi connectivity index (χ2n) is 8.40. The third-order valence-electron chi connectivity index (χ3n) is 6.73. The van der Waals surface area contributed by atoms with Crippen molar-refractivity contribution in [3.8, 4) is 11.3 Å². The van der Waals surface area contributed by atoms with Gasteiger partial charge in [-0.15, -0.1) is 0 Å². The van der Waals surface area contributed by atoms with Crippen LogP contribution in [0.15, 0.2) is 54.7 Å². The van der Waals surface area contributed by atoms with Crippen LogP contribution >= 0.6 is 0 Å². The molecule has 5 heteroatoms. The number of hydrogen-bond donors (Lipinski definition) is 2. The lowest BCUT2D eigenvalue weighted by molar-refractivity contribution is 0.0405. The Kier molecular flexibility index (Phi) is 5.04. The lowest BCUT2D eigenvalue weighted by Crippen LogP contribution is -2.52.